The Morgan fingerprint density at radius 3 is 2.92 bits per heavy atom. The Morgan fingerprint density at radius 2 is 2.08 bits per heavy atom. The highest BCUT2D eigenvalue weighted by Crippen LogP contribution is 2.37. The maximum atomic E-state index is 12.8. The van der Waals surface area contributed by atoms with Gasteiger partial charge in [0.2, 0.25) is 0 Å². The lowest BCUT2D eigenvalue weighted by molar-refractivity contribution is 0.0746. The van der Waals surface area contributed by atoms with Gasteiger partial charge in [0.15, 0.2) is 0 Å². The summed E-state index contributed by atoms with van der Waals surface area (Å²) in [4.78, 5) is 19.4. The van der Waals surface area contributed by atoms with Crippen molar-refractivity contribution in [2.24, 2.45) is 0 Å². The third-order valence-electron chi connectivity index (χ3n) is 5.19. The molecule has 1 amide bonds. The molecule has 0 aliphatic carbocycles. The summed E-state index contributed by atoms with van der Waals surface area (Å²) in [6.45, 7) is 6.78. The van der Waals surface area contributed by atoms with Gasteiger partial charge in [0.05, 0.1) is 18.0 Å². The van der Waals surface area contributed by atoms with E-state index >= 15 is 0 Å². The molecule has 2 aromatic rings. The number of furan rings is 1. The van der Waals surface area contributed by atoms with Crippen molar-refractivity contribution in [3.8, 4) is 0 Å². The van der Waals surface area contributed by atoms with Gasteiger partial charge in [-0.05, 0) is 57.0 Å². The van der Waals surface area contributed by atoms with Crippen LogP contribution in [0.4, 0.5) is 0 Å². The molecule has 0 N–H and O–H groups in total. The lowest BCUT2D eigenvalue weighted by Crippen LogP contribution is -2.32. The maximum absolute atomic E-state index is 12.8. The number of amides is 1. The molecule has 0 spiro atoms. The highest BCUT2D eigenvalue weighted by molar-refractivity contribution is 7.14. The Hall–Kier alpha value is -1.63. The first-order chi connectivity index (χ1) is 12.7. The van der Waals surface area contributed by atoms with E-state index in [1.807, 2.05) is 24.0 Å². The predicted octanol–water partition coefficient (Wildman–Crippen LogP) is 3.85. The molecule has 6 heteroatoms. The van der Waals surface area contributed by atoms with Gasteiger partial charge >= 0.3 is 0 Å². The average molecular weight is 375 g/mol. The fraction of sp³-hybridized carbons (Fsp3) is 0.550. The van der Waals surface area contributed by atoms with Crippen LogP contribution in [0.15, 0.2) is 28.7 Å². The van der Waals surface area contributed by atoms with E-state index in [1.165, 1.54) is 11.3 Å². The third kappa shape index (κ3) is 3.87. The van der Waals surface area contributed by atoms with Gasteiger partial charge in [-0.1, -0.05) is 0 Å². The van der Waals surface area contributed by atoms with Crippen molar-refractivity contribution in [2.75, 3.05) is 32.8 Å². The number of carbonyl (C=O) groups is 1. The van der Waals surface area contributed by atoms with Crippen LogP contribution in [0.25, 0.3) is 0 Å². The van der Waals surface area contributed by atoms with Gasteiger partial charge in [-0.25, -0.2) is 0 Å². The normalized spacial score (nSPS) is 21.9. The summed E-state index contributed by atoms with van der Waals surface area (Å²) in [5.41, 5.74) is 0. The molecular formula is C20H26N2O3S. The number of likely N-dealkylation sites (tertiary alicyclic amines) is 1. The molecule has 5 nitrogen and oxygen atoms in total. The molecule has 4 rings (SSSR count). The molecule has 2 saturated heterocycles. The Kier molecular flexibility index (Phi) is 5.43. The Balaban J connectivity index is 1.45. The minimum atomic E-state index is 0.151. The second kappa shape index (κ2) is 7.94. The number of thiophene rings is 1. The van der Waals surface area contributed by atoms with Crippen molar-refractivity contribution in [3.05, 3.63) is 45.5 Å². The van der Waals surface area contributed by atoms with E-state index in [2.05, 4.69) is 17.0 Å². The number of hydrogen-bond acceptors (Lipinski definition) is 5. The average Bonchev–Trinajstić information content (AvgIpc) is 3.33. The van der Waals surface area contributed by atoms with Crippen LogP contribution in [-0.2, 0) is 11.3 Å². The molecule has 2 aromatic heterocycles. The Morgan fingerprint density at radius 1 is 1.15 bits per heavy atom. The molecule has 2 fully saturated rings. The molecule has 0 aromatic carbocycles. The molecule has 0 bridgehead atoms. The number of carbonyl (C=O) groups excluding carboxylic acids is 1. The van der Waals surface area contributed by atoms with E-state index in [9.17, 15) is 4.79 Å². The number of rotatable bonds is 4. The quantitative estimate of drug-likeness (QED) is 0.815. The summed E-state index contributed by atoms with van der Waals surface area (Å²) < 4.78 is 11.2. The molecule has 4 heterocycles. The second-order valence-electron chi connectivity index (χ2n) is 7.10. The van der Waals surface area contributed by atoms with E-state index in [0.717, 1.165) is 55.5 Å². The Labute approximate surface area is 158 Å². The van der Waals surface area contributed by atoms with Crippen molar-refractivity contribution in [3.63, 3.8) is 0 Å². The van der Waals surface area contributed by atoms with Crippen LogP contribution in [0.2, 0.25) is 0 Å². The van der Waals surface area contributed by atoms with E-state index < -0.39 is 0 Å². The molecule has 26 heavy (non-hydrogen) atoms. The van der Waals surface area contributed by atoms with E-state index in [4.69, 9.17) is 9.15 Å². The highest BCUT2D eigenvalue weighted by atomic mass is 32.1. The van der Waals surface area contributed by atoms with Crippen LogP contribution in [-0.4, -0.2) is 48.6 Å². The highest BCUT2D eigenvalue weighted by Gasteiger charge is 2.29. The largest absolute Gasteiger partial charge is 0.465 e. The molecule has 0 radical (unpaired) electrons. The molecule has 0 unspecified atom stereocenters. The predicted molar refractivity (Wildman–Crippen MR) is 101 cm³/mol. The third-order valence-corrected chi connectivity index (χ3v) is 6.37. The van der Waals surface area contributed by atoms with E-state index in [0.29, 0.717) is 19.2 Å². The monoisotopic (exact) mass is 374 g/mol. The van der Waals surface area contributed by atoms with Gasteiger partial charge in [-0.3, -0.25) is 9.69 Å². The van der Waals surface area contributed by atoms with E-state index in [-0.39, 0.29) is 5.91 Å². The number of ether oxygens (including phenoxy) is 1. The number of nitrogens with zero attached hydrogens (tertiary/aromatic N) is 2. The molecule has 1 atom stereocenters. The van der Waals surface area contributed by atoms with Crippen molar-refractivity contribution in [2.45, 2.75) is 38.8 Å². The van der Waals surface area contributed by atoms with Crippen LogP contribution >= 0.6 is 11.3 Å². The van der Waals surface area contributed by atoms with Crippen LogP contribution < -0.4 is 0 Å². The van der Waals surface area contributed by atoms with Crippen LogP contribution in [0.5, 0.6) is 0 Å². The fourth-order valence-electron chi connectivity index (χ4n) is 3.86. The van der Waals surface area contributed by atoms with Crippen LogP contribution in [0.3, 0.4) is 0 Å². The lowest BCUT2D eigenvalue weighted by atomic mass is 10.2. The summed E-state index contributed by atoms with van der Waals surface area (Å²) in [6, 6.07) is 8.62. The molecule has 2 aliphatic rings. The minimum absolute atomic E-state index is 0.151. The number of aryl methyl sites for hydroxylation is 1. The minimum Gasteiger partial charge on any atom is -0.465 e. The van der Waals surface area contributed by atoms with Gasteiger partial charge in [0.1, 0.15) is 11.5 Å². The topological polar surface area (TPSA) is 45.9 Å². The van der Waals surface area contributed by atoms with Gasteiger partial charge in [-0.15, -0.1) is 11.3 Å². The fourth-order valence-corrected chi connectivity index (χ4v) is 5.01. The van der Waals surface area contributed by atoms with Crippen molar-refractivity contribution in [1.29, 1.82) is 0 Å². The zero-order valence-electron chi connectivity index (χ0n) is 15.3. The zero-order valence-corrected chi connectivity index (χ0v) is 16.1. The van der Waals surface area contributed by atoms with Gasteiger partial charge < -0.3 is 14.1 Å². The number of hydrogen-bond donors (Lipinski definition) is 0. The summed E-state index contributed by atoms with van der Waals surface area (Å²) in [5, 5.41) is 0. The molecule has 140 valence electrons. The summed E-state index contributed by atoms with van der Waals surface area (Å²) >= 11 is 1.65. The molecular weight excluding hydrogens is 348 g/mol. The smallest absolute Gasteiger partial charge is 0.264 e. The molecule has 2 aliphatic heterocycles. The van der Waals surface area contributed by atoms with Gasteiger partial charge in [0, 0.05) is 30.6 Å². The summed E-state index contributed by atoms with van der Waals surface area (Å²) in [6.07, 6.45) is 3.25. The first-order valence-electron chi connectivity index (χ1n) is 9.47. The van der Waals surface area contributed by atoms with Crippen LogP contribution in [0, 0.1) is 6.92 Å². The lowest BCUT2D eigenvalue weighted by Gasteiger charge is -2.22. The maximum Gasteiger partial charge on any atom is 0.264 e. The first-order valence-corrected chi connectivity index (χ1v) is 10.3. The van der Waals surface area contributed by atoms with Gasteiger partial charge in [-0.2, -0.15) is 0 Å². The standard InChI is InChI=1S/C20H26N2O3S/c1-15-5-6-16(25-15)14-22-9-2-4-17(22)18-7-8-19(26-18)20(23)21-10-3-12-24-13-11-21/h5-8,17H,2-4,9-14H2,1H3/t17-/m0/s1. The SMILES string of the molecule is Cc1ccc(CN2CCC[C@H]2c2ccc(C(=O)N3CCCOCC3)s2)o1. The van der Waals surface area contributed by atoms with E-state index in [1.54, 1.807) is 11.3 Å². The second-order valence-corrected chi connectivity index (χ2v) is 8.22. The van der Waals surface area contributed by atoms with Crippen molar-refractivity contribution < 1.29 is 13.9 Å². The van der Waals surface area contributed by atoms with Crippen molar-refractivity contribution in [1.82, 2.24) is 9.80 Å². The summed E-state index contributed by atoms with van der Waals surface area (Å²) in [5.74, 6) is 2.13. The van der Waals surface area contributed by atoms with Crippen LogP contribution in [0.1, 0.15) is 51.4 Å². The molecule has 0 saturated carbocycles. The first kappa shape index (κ1) is 17.8. The van der Waals surface area contributed by atoms with Gasteiger partial charge in [0.25, 0.3) is 5.91 Å². The Bertz CT molecular complexity index is 746. The van der Waals surface area contributed by atoms with Crippen molar-refractivity contribution >= 4 is 17.2 Å². The summed E-state index contributed by atoms with van der Waals surface area (Å²) in [7, 11) is 0. The zero-order chi connectivity index (χ0) is 17.9.